The molecule has 2 aromatic rings. The highest BCUT2D eigenvalue weighted by Crippen LogP contribution is 2.32. The second-order valence-corrected chi connectivity index (χ2v) is 11.7. The molecule has 0 atom stereocenters. The molecule has 39 heavy (non-hydrogen) atoms. The molecular formula is C28H35Cl2N5O4. The van der Waals surface area contributed by atoms with Crippen molar-refractivity contribution in [1.29, 1.82) is 0 Å². The summed E-state index contributed by atoms with van der Waals surface area (Å²) in [7, 11) is 0. The fourth-order valence-electron chi connectivity index (χ4n) is 4.86. The number of anilines is 3. The smallest absolute Gasteiger partial charge is 0.408 e. The first-order valence-electron chi connectivity index (χ1n) is 13.1. The summed E-state index contributed by atoms with van der Waals surface area (Å²) in [5.74, 6) is -0.239. The van der Waals surface area contributed by atoms with Crippen LogP contribution in [0, 0.1) is 0 Å². The maximum Gasteiger partial charge on any atom is 0.408 e. The van der Waals surface area contributed by atoms with Crippen LogP contribution in [-0.2, 0) is 9.53 Å². The average Bonchev–Trinajstić information content (AvgIpc) is 3.35. The lowest BCUT2D eigenvalue weighted by atomic mass is 9.96. The molecule has 1 aliphatic carbocycles. The van der Waals surface area contributed by atoms with Crippen LogP contribution in [0.5, 0.6) is 0 Å². The normalized spacial score (nSPS) is 16.9. The summed E-state index contributed by atoms with van der Waals surface area (Å²) in [4.78, 5) is 42.3. The molecule has 4 amide bonds. The van der Waals surface area contributed by atoms with Crippen molar-refractivity contribution in [3.05, 3.63) is 52.5 Å². The second kappa shape index (κ2) is 11.9. The molecule has 0 unspecified atom stereocenters. The van der Waals surface area contributed by atoms with Gasteiger partial charge in [0.05, 0.1) is 15.7 Å². The van der Waals surface area contributed by atoms with Crippen LogP contribution in [0.1, 0.15) is 46.5 Å². The first kappa shape index (κ1) is 28.8. The molecule has 0 aromatic heterocycles. The Morgan fingerprint density at radius 1 is 0.872 bits per heavy atom. The van der Waals surface area contributed by atoms with Gasteiger partial charge < -0.3 is 30.5 Å². The standard InChI is InChI=1S/C28H35Cl2N5O4/c1-27(2,3)39-26(38)33-28(13-4-5-14-28)24(36)31-19-9-11-20(12-10-19)34-15-17-35(18-16-34)25(37)32-23-21(29)7-6-8-22(23)30/h6-12H,4-5,13-18H2,1-3H3,(H,31,36)(H,32,37)(H,33,38). The number of nitrogens with one attached hydrogen (secondary N) is 3. The number of para-hydroxylation sites is 1. The number of carbonyl (C=O) groups is 3. The van der Waals surface area contributed by atoms with Crippen LogP contribution in [0.25, 0.3) is 0 Å². The largest absolute Gasteiger partial charge is 0.444 e. The monoisotopic (exact) mass is 575 g/mol. The Morgan fingerprint density at radius 2 is 1.46 bits per heavy atom. The van der Waals surface area contributed by atoms with Crippen molar-refractivity contribution < 1.29 is 19.1 Å². The molecule has 2 fully saturated rings. The summed E-state index contributed by atoms with van der Waals surface area (Å²) in [6.07, 6.45) is 2.26. The molecule has 4 rings (SSSR count). The van der Waals surface area contributed by atoms with Gasteiger partial charge in [-0.1, -0.05) is 42.1 Å². The van der Waals surface area contributed by atoms with Crippen LogP contribution in [-0.4, -0.2) is 60.3 Å². The third kappa shape index (κ3) is 7.28. The van der Waals surface area contributed by atoms with Gasteiger partial charge in [0.25, 0.3) is 0 Å². The number of ether oxygens (including phenoxy) is 1. The predicted octanol–water partition coefficient (Wildman–Crippen LogP) is 6.12. The van der Waals surface area contributed by atoms with Crippen LogP contribution in [0.2, 0.25) is 10.0 Å². The quantitative estimate of drug-likeness (QED) is 0.398. The molecule has 9 nitrogen and oxygen atoms in total. The summed E-state index contributed by atoms with van der Waals surface area (Å²) in [5.41, 5.74) is 0.424. The van der Waals surface area contributed by atoms with Gasteiger partial charge >= 0.3 is 12.1 Å². The second-order valence-electron chi connectivity index (χ2n) is 10.9. The number of rotatable bonds is 5. The molecule has 1 saturated carbocycles. The highest BCUT2D eigenvalue weighted by atomic mass is 35.5. The van der Waals surface area contributed by atoms with Crippen molar-refractivity contribution in [3.63, 3.8) is 0 Å². The van der Waals surface area contributed by atoms with Gasteiger partial charge in [0.15, 0.2) is 0 Å². The van der Waals surface area contributed by atoms with Gasteiger partial charge in [-0.3, -0.25) is 4.79 Å². The minimum absolute atomic E-state index is 0.239. The first-order chi connectivity index (χ1) is 18.5. The van der Waals surface area contributed by atoms with E-state index in [9.17, 15) is 14.4 Å². The van der Waals surface area contributed by atoms with Crippen molar-refractivity contribution in [1.82, 2.24) is 10.2 Å². The lowest BCUT2D eigenvalue weighted by molar-refractivity contribution is -0.122. The minimum atomic E-state index is -0.980. The maximum absolute atomic E-state index is 13.2. The van der Waals surface area contributed by atoms with Gasteiger partial charge in [0, 0.05) is 37.6 Å². The summed E-state index contributed by atoms with van der Waals surface area (Å²) >= 11 is 12.3. The molecule has 2 aromatic carbocycles. The molecule has 1 saturated heterocycles. The Hall–Kier alpha value is -3.17. The van der Waals surface area contributed by atoms with Crippen LogP contribution in [0.15, 0.2) is 42.5 Å². The fourth-order valence-corrected chi connectivity index (χ4v) is 5.36. The molecule has 0 radical (unpaired) electrons. The predicted molar refractivity (Wildman–Crippen MR) is 155 cm³/mol. The van der Waals surface area contributed by atoms with Crippen LogP contribution in [0.4, 0.5) is 26.7 Å². The SMILES string of the molecule is CC(C)(C)OC(=O)NC1(C(=O)Nc2ccc(N3CCN(C(=O)Nc4c(Cl)cccc4Cl)CC3)cc2)CCCC1. The molecule has 1 aliphatic heterocycles. The number of amides is 4. The summed E-state index contributed by atoms with van der Waals surface area (Å²) in [6.45, 7) is 7.75. The van der Waals surface area contributed by atoms with E-state index < -0.39 is 17.2 Å². The lowest BCUT2D eigenvalue weighted by Crippen LogP contribution is -2.55. The van der Waals surface area contributed by atoms with E-state index in [4.69, 9.17) is 27.9 Å². The van der Waals surface area contributed by atoms with Gasteiger partial charge in [0.1, 0.15) is 11.1 Å². The highest BCUT2D eigenvalue weighted by molar-refractivity contribution is 6.39. The molecule has 0 bridgehead atoms. The number of benzene rings is 2. The van der Waals surface area contributed by atoms with E-state index in [1.807, 2.05) is 24.3 Å². The van der Waals surface area contributed by atoms with E-state index in [2.05, 4.69) is 20.9 Å². The number of piperazine rings is 1. The molecule has 1 heterocycles. The van der Waals surface area contributed by atoms with Gasteiger partial charge in [-0.15, -0.1) is 0 Å². The van der Waals surface area contributed by atoms with Gasteiger partial charge in [-0.25, -0.2) is 9.59 Å². The van der Waals surface area contributed by atoms with E-state index in [1.54, 1.807) is 43.9 Å². The minimum Gasteiger partial charge on any atom is -0.444 e. The van der Waals surface area contributed by atoms with Crippen LogP contribution >= 0.6 is 23.2 Å². The fraction of sp³-hybridized carbons (Fsp3) is 0.464. The zero-order valence-electron chi connectivity index (χ0n) is 22.5. The average molecular weight is 577 g/mol. The Balaban J connectivity index is 1.31. The number of carbonyl (C=O) groups excluding carboxylic acids is 3. The van der Waals surface area contributed by atoms with E-state index in [0.29, 0.717) is 60.4 Å². The van der Waals surface area contributed by atoms with Gasteiger partial charge in [-0.05, 0) is 70.0 Å². The Morgan fingerprint density at radius 3 is 2.03 bits per heavy atom. The Bertz CT molecular complexity index is 1180. The molecule has 11 heteroatoms. The molecular weight excluding hydrogens is 541 g/mol. The molecule has 2 aliphatic rings. The van der Waals surface area contributed by atoms with Crippen molar-refractivity contribution in [2.45, 2.75) is 57.6 Å². The molecule has 0 spiro atoms. The van der Waals surface area contributed by atoms with E-state index in [0.717, 1.165) is 18.5 Å². The summed E-state index contributed by atoms with van der Waals surface area (Å²) in [5, 5.41) is 9.39. The number of hydrogen-bond donors (Lipinski definition) is 3. The highest BCUT2D eigenvalue weighted by Gasteiger charge is 2.43. The van der Waals surface area contributed by atoms with Crippen molar-refractivity contribution in [3.8, 4) is 0 Å². The summed E-state index contributed by atoms with van der Waals surface area (Å²) < 4.78 is 5.39. The van der Waals surface area contributed by atoms with E-state index >= 15 is 0 Å². The number of nitrogens with zero attached hydrogens (tertiary/aromatic N) is 2. The van der Waals surface area contributed by atoms with Crippen molar-refractivity contribution in [2.24, 2.45) is 0 Å². The van der Waals surface area contributed by atoms with E-state index in [1.165, 1.54) is 0 Å². The number of halogens is 2. The Labute approximate surface area is 239 Å². The zero-order chi connectivity index (χ0) is 28.2. The third-order valence-electron chi connectivity index (χ3n) is 6.88. The van der Waals surface area contributed by atoms with Crippen molar-refractivity contribution in [2.75, 3.05) is 41.7 Å². The van der Waals surface area contributed by atoms with Crippen LogP contribution < -0.4 is 20.9 Å². The van der Waals surface area contributed by atoms with Crippen molar-refractivity contribution >= 4 is 58.3 Å². The topological polar surface area (TPSA) is 103 Å². The number of urea groups is 1. The summed E-state index contributed by atoms with van der Waals surface area (Å²) in [6, 6.07) is 12.4. The number of alkyl carbamates (subject to hydrolysis) is 1. The first-order valence-corrected chi connectivity index (χ1v) is 13.9. The lowest BCUT2D eigenvalue weighted by Gasteiger charge is -2.36. The third-order valence-corrected chi connectivity index (χ3v) is 7.51. The molecule has 210 valence electrons. The maximum atomic E-state index is 13.2. The van der Waals surface area contributed by atoms with Gasteiger partial charge in [-0.2, -0.15) is 0 Å². The van der Waals surface area contributed by atoms with E-state index in [-0.39, 0.29) is 11.9 Å². The van der Waals surface area contributed by atoms with Crippen LogP contribution in [0.3, 0.4) is 0 Å². The zero-order valence-corrected chi connectivity index (χ0v) is 24.0. The Kier molecular flexibility index (Phi) is 8.81. The molecule has 3 N–H and O–H groups in total. The number of hydrogen-bond acceptors (Lipinski definition) is 5. The van der Waals surface area contributed by atoms with Gasteiger partial charge in [0.2, 0.25) is 5.91 Å².